The molecule has 0 aromatic rings. The van der Waals surface area contributed by atoms with Crippen molar-refractivity contribution in [2.75, 3.05) is 0 Å². The molecule has 2 bridgehead atoms. The zero-order chi connectivity index (χ0) is 11.8. The second-order valence-corrected chi connectivity index (χ2v) is 5.99. The fraction of sp³-hybridized carbons (Fsp3) is 0.917. The second kappa shape index (κ2) is 4.24. The summed E-state index contributed by atoms with van der Waals surface area (Å²) in [7, 11) is 0. The number of hydrogen-bond acceptors (Lipinski definition) is 2. The summed E-state index contributed by atoms with van der Waals surface area (Å²) in [5.41, 5.74) is -0.298. The minimum absolute atomic E-state index is 0.298. The molecule has 2 saturated heterocycles. The normalized spacial score (nSPS) is 33.8. The fourth-order valence-corrected chi connectivity index (χ4v) is 3.40. The lowest BCUT2D eigenvalue weighted by Gasteiger charge is -2.35. The third-order valence-electron chi connectivity index (χ3n) is 3.82. The van der Waals surface area contributed by atoms with Gasteiger partial charge in [-0.1, -0.05) is 0 Å². The van der Waals surface area contributed by atoms with Crippen LogP contribution in [-0.4, -0.2) is 28.8 Å². The van der Waals surface area contributed by atoms with E-state index in [1.807, 2.05) is 13.8 Å². The van der Waals surface area contributed by atoms with E-state index in [4.69, 9.17) is 5.11 Å². The lowest BCUT2D eigenvalue weighted by molar-refractivity contribution is 0.169. The summed E-state index contributed by atoms with van der Waals surface area (Å²) in [5.74, 6) is 0.667. The molecular weight excluding hydrogens is 204 g/mol. The topological polar surface area (TPSA) is 61.4 Å². The van der Waals surface area contributed by atoms with E-state index in [1.54, 1.807) is 0 Å². The Kier molecular flexibility index (Phi) is 3.10. The van der Waals surface area contributed by atoms with Crippen LogP contribution in [0.1, 0.15) is 46.0 Å². The molecule has 0 saturated carbocycles. The van der Waals surface area contributed by atoms with Gasteiger partial charge in [0, 0.05) is 17.6 Å². The highest BCUT2D eigenvalue weighted by atomic mass is 16.4. The van der Waals surface area contributed by atoms with Gasteiger partial charge < -0.3 is 15.7 Å². The summed E-state index contributed by atoms with van der Waals surface area (Å²) in [5, 5.41) is 15.0. The van der Waals surface area contributed by atoms with Crippen molar-refractivity contribution in [3.05, 3.63) is 0 Å². The number of fused-ring (bicyclic) bond motifs is 2. The van der Waals surface area contributed by atoms with Crippen LogP contribution in [0.3, 0.4) is 0 Å². The number of amides is 1. The molecule has 2 rings (SSSR count). The predicted octanol–water partition coefficient (Wildman–Crippen LogP) is 1.95. The van der Waals surface area contributed by atoms with Gasteiger partial charge in [-0.3, -0.25) is 0 Å². The predicted molar refractivity (Wildman–Crippen MR) is 62.5 cm³/mol. The highest BCUT2D eigenvalue weighted by Gasteiger charge is 2.36. The standard InChI is InChI=1S/C12H22N2O2/c1-12(2,14-11(15)16)7-8-5-9-3-4-10(6-8)13-9/h8-10,13-14H,3-7H2,1-2H3,(H,15,16). The average Bonchev–Trinajstić information content (AvgIpc) is 2.42. The lowest BCUT2D eigenvalue weighted by Crippen LogP contribution is -2.46. The maximum atomic E-state index is 10.7. The van der Waals surface area contributed by atoms with Gasteiger partial charge in [0.05, 0.1) is 0 Å². The van der Waals surface area contributed by atoms with E-state index in [-0.39, 0.29) is 5.54 Å². The third kappa shape index (κ3) is 2.88. The molecule has 2 aliphatic rings. The van der Waals surface area contributed by atoms with Gasteiger partial charge in [0.2, 0.25) is 0 Å². The number of rotatable bonds is 3. The molecule has 4 heteroatoms. The Hall–Kier alpha value is -0.770. The summed E-state index contributed by atoms with van der Waals surface area (Å²) in [4.78, 5) is 10.7. The largest absolute Gasteiger partial charge is 0.465 e. The third-order valence-corrected chi connectivity index (χ3v) is 3.82. The van der Waals surface area contributed by atoms with Gasteiger partial charge in [-0.2, -0.15) is 0 Å². The molecule has 0 spiro atoms. The summed E-state index contributed by atoms with van der Waals surface area (Å²) in [6.07, 6.45) is 5.06. The Bertz CT molecular complexity index is 266. The minimum atomic E-state index is -0.915. The summed E-state index contributed by atoms with van der Waals surface area (Å²) >= 11 is 0. The smallest absolute Gasteiger partial charge is 0.405 e. The highest BCUT2D eigenvalue weighted by molar-refractivity contribution is 5.65. The van der Waals surface area contributed by atoms with Crippen LogP contribution in [-0.2, 0) is 0 Å². The van der Waals surface area contributed by atoms with Crippen LogP contribution < -0.4 is 10.6 Å². The van der Waals surface area contributed by atoms with E-state index in [0.717, 1.165) is 6.42 Å². The molecule has 16 heavy (non-hydrogen) atoms. The molecule has 0 aromatic heterocycles. The van der Waals surface area contributed by atoms with Crippen molar-refractivity contribution in [3.8, 4) is 0 Å². The van der Waals surface area contributed by atoms with Crippen molar-refractivity contribution in [2.24, 2.45) is 5.92 Å². The maximum Gasteiger partial charge on any atom is 0.405 e. The van der Waals surface area contributed by atoms with E-state index in [9.17, 15) is 4.79 Å². The van der Waals surface area contributed by atoms with Crippen LogP contribution in [0, 0.1) is 5.92 Å². The Morgan fingerprint density at radius 1 is 1.38 bits per heavy atom. The van der Waals surface area contributed by atoms with Gasteiger partial charge in [0.15, 0.2) is 0 Å². The molecule has 4 nitrogen and oxygen atoms in total. The SMILES string of the molecule is CC(C)(CC1CC2CCC(C1)N2)NC(=O)O. The van der Waals surface area contributed by atoms with Crippen LogP contribution in [0.4, 0.5) is 4.79 Å². The average molecular weight is 226 g/mol. The zero-order valence-electron chi connectivity index (χ0n) is 10.1. The quantitative estimate of drug-likeness (QED) is 0.689. The van der Waals surface area contributed by atoms with Gasteiger partial charge in [-0.05, 0) is 51.9 Å². The number of carbonyl (C=O) groups is 1. The van der Waals surface area contributed by atoms with E-state index < -0.39 is 6.09 Å². The Morgan fingerprint density at radius 3 is 2.44 bits per heavy atom. The molecule has 2 unspecified atom stereocenters. The Morgan fingerprint density at radius 2 is 1.94 bits per heavy atom. The van der Waals surface area contributed by atoms with Crippen LogP contribution in [0.25, 0.3) is 0 Å². The van der Waals surface area contributed by atoms with Crippen molar-refractivity contribution in [2.45, 2.75) is 63.6 Å². The maximum absolute atomic E-state index is 10.7. The van der Waals surface area contributed by atoms with Gasteiger partial charge in [-0.25, -0.2) is 4.79 Å². The number of hydrogen-bond donors (Lipinski definition) is 3. The number of carboxylic acid groups (broad SMARTS) is 1. The van der Waals surface area contributed by atoms with Gasteiger partial charge in [0.25, 0.3) is 0 Å². The van der Waals surface area contributed by atoms with E-state index >= 15 is 0 Å². The van der Waals surface area contributed by atoms with Gasteiger partial charge in [-0.15, -0.1) is 0 Å². The molecule has 2 aliphatic heterocycles. The van der Waals surface area contributed by atoms with Crippen LogP contribution in [0.5, 0.6) is 0 Å². The van der Waals surface area contributed by atoms with E-state index in [2.05, 4.69) is 10.6 Å². The Labute approximate surface area is 96.8 Å². The number of piperidine rings is 1. The fourth-order valence-electron chi connectivity index (χ4n) is 3.40. The van der Waals surface area contributed by atoms with Crippen molar-refractivity contribution < 1.29 is 9.90 Å². The van der Waals surface area contributed by atoms with Gasteiger partial charge in [0.1, 0.15) is 0 Å². The molecule has 2 atom stereocenters. The summed E-state index contributed by atoms with van der Waals surface area (Å²) in [6.45, 7) is 3.95. The lowest BCUT2D eigenvalue weighted by atomic mass is 9.82. The molecule has 92 valence electrons. The monoisotopic (exact) mass is 226 g/mol. The van der Waals surface area contributed by atoms with Crippen LogP contribution >= 0.6 is 0 Å². The van der Waals surface area contributed by atoms with Crippen molar-refractivity contribution >= 4 is 6.09 Å². The Balaban J connectivity index is 1.87. The van der Waals surface area contributed by atoms with Crippen LogP contribution in [0.2, 0.25) is 0 Å². The highest BCUT2D eigenvalue weighted by Crippen LogP contribution is 2.35. The van der Waals surface area contributed by atoms with Crippen LogP contribution in [0.15, 0.2) is 0 Å². The first-order chi connectivity index (χ1) is 7.44. The van der Waals surface area contributed by atoms with Crippen molar-refractivity contribution in [3.63, 3.8) is 0 Å². The molecule has 0 radical (unpaired) electrons. The molecular formula is C12H22N2O2. The molecule has 0 aromatic carbocycles. The summed E-state index contributed by atoms with van der Waals surface area (Å²) in [6, 6.07) is 1.37. The molecule has 1 amide bonds. The first-order valence-electron chi connectivity index (χ1n) is 6.22. The minimum Gasteiger partial charge on any atom is -0.465 e. The van der Waals surface area contributed by atoms with Crippen molar-refractivity contribution in [1.82, 2.24) is 10.6 Å². The van der Waals surface area contributed by atoms with E-state index in [0.29, 0.717) is 18.0 Å². The molecule has 3 N–H and O–H groups in total. The first-order valence-corrected chi connectivity index (χ1v) is 6.22. The summed E-state index contributed by atoms with van der Waals surface area (Å²) < 4.78 is 0. The van der Waals surface area contributed by atoms with Crippen molar-refractivity contribution in [1.29, 1.82) is 0 Å². The van der Waals surface area contributed by atoms with E-state index in [1.165, 1.54) is 25.7 Å². The number of nitrogens with one attached hydrogen (secondary N) is 2. The van der Waals surface area contributed by atoms with Gasteiger partial charge >= 0.3 is 6.09 Å². The molecule has 2 heterocycles. The first kappa shape index (κ1) is 11.7. The molecule has 0 aliphatic carbocycles. The zero-order valence-corrected chi connectivity index (χ0v) is 10.1. The molecule has 2 fully saturated rings. The second-order valence-electron chi connectivity index (χ2n) is 5.99.